The number of ether oxygens (including phenoxy) is 2. The van der Waals surface area contributed by atoms with E-state index in [0.717, 1.165) is 0 Å². The molecule has 0 spiro atoms. The predicted octanol–water partition coefficient (Wildman–Crippen LogP) is 0.683. The summed E-state index contributed by atoms with van der Waals surface area (Å²) in [5.74, 6) is -0.889. The molecule has 5 heteroatoms. The molecule has 2 aliphatic heterocycles. The van der Waals surface area contributed by atoms with Gasteiger partial charge < -0.3 is 9.47 Å². The van der Waals surface area contributed by atoms with Crippen LogP contribution in [0.3, 0.4) is 0 Å². The van der Waals surface area contributed by atoms with Gasteiger partial charge in [0.05, 0.1) is 35.9 Å². The first kappa shape index (κ1) is 10.3. The van der Waals surface area contributed by atoms with Crippen LogP contribution in [0.1, 0.15) is 0 Å². The molecule has 15 heavy (non-hydrogen) atoms. The maximum Gasteiger partial charge on any atom is 0.335 e. The van der Waals surface area contributed by atoms with Gasteiger partial charge in [0, 0.05) is 0 Å². The Balaban J connectivity index is 2.40. The summed E-state index contributed by atoms with van der Waals surface area (Å²) < 4.78 is 9.32. The normalized spacial score (nSPS) is 27.1. The molecular formula is C10H10O4S. The maximum atomic E-state index is 11.5. The number of hydrogen-bond acceptors (Lipinski definition) is 5. The molecule has 0 aromatic carbocycles. The first-order chi connectivity index (χ1) is 7.19. The molecule has 0 aromatic heterocycles. The molecule has 0 amide bonds. The lowest BCUT2D eigenvalue weighted by Gasteiger charge is -2.10. The van der Waals surface area contributed by atoms with Crippen molar-refractivity contribution in [3.63, 3.8) is 0 Å². The molecule has 0 saturated heterocycles. The van der Waals surface area contributed by atoms with Crippen LogP contribution in [0.2, 0.25) is 0 Å². The van der Waals surface area contributed by atoms with Crippen molar-refractivity contribution in [3.8, 4) is 0 Å². The highest BCUT2D eigenvalue weighted by atomic mass is 32.2. The van der Waals surface area contributed by atoms with E-state index in [1.54, 1.807) is 11.8 Å². The van der Waals surface area contributed by atoms with Gasteiger partial charge >= 0.3 is 11.9 Å². The second-order valence-electron chi connectivity index (χ2n) is 3.17. The van der Waals surface area contributed by atoms with Gasteiger partial charge in [-0.25, -0.2) is 9.59 Å². The highest BCUT2D eigenvalue weighted by Gasteiger charge is 2.43. The Bertz CT molecular complexity index is 349. The van der Waals surface area contributed by atoms with Gasteiger partial charge in [0.2, 0.25) is 0 Å². The molecule has 0 saturated carbocycles. The van der Waals surface area contributed by atoms with Gasteiger partial charge in [0.25, 0.3) is 0 Å². The van der Waals surface area contributed by atoms with Crippen molar-refractivity contribution in [2.24, 2.45) is 0 Å². The van der Waals surface area contributed by atoms with E-state index >= 15 is 0 Å². The summed E-state index contributed by atoms with van der Waals surface area (Å²) in [5.41, 5.74) is 0.865. The summed E-state index contributed by atoms with van der Waals surface area (Å²) in [6.45, 7) is 0. The Morgan fingerprint density at radius 3 is 1.80 bits per heavy atom. The highest BCUT2D eigenvalue weighted by Crippen LogP contribution is 2.45. The quantitative estimate of drug-likeness (QED) is 0.512. The zero-order chi connectivity index (χ0) is 11.0. The SMILES string of the molecule is COC(=O)C1=C(C(=O)OC)C2C=CC1S2. The molecule has 4 nitrogen and oxygen atoms in total. The third-order valence-electron chi connectivity index (χ3n) is 2.42. The second-order valence-corrected chi connectivity index (χ2v) is 4.46. The third kappa shape index (κ3) is 1.47. The number of methoxy groups -OCH3 is 2. The smallest absolute Gasteiger partial charge is 0.335 e. The van der Waals surface area contributed by atoms with Crippen molar-refractivity contribution >= 4 is 23.7 Å². The molecule has 80 valence electrons. The van der Waals surface area contributed by atoms with Crippen LogP contribution >= 0.6 is 11.8 Å². The van der Waals surface area contributed by atoms with Crippen LogP contribution in [0.15, 0.2) is 23.3 Å². The largest absolute Gasteiger partial charge is 0.466 e. The van der Waals surface area contributed by atoms with Crippen LogP contribution in [-0.4, -0.2) is 36.7 Å². The number of hydrogen-bond donors (Lipinski definition) is 0. The molecular weight excluding hydrogens is 216 g/mol. The molecule has 0 N–H and O–H groups in total. The van der Waals surface area contributed by atoms with Crippen molar-refractivity contribution in [1.29, 1.82) is 0 Å². The van der Waals surface area contributed by atoms with Gasteiger partial charge in [-0.05, 0) is 0 Å². The van der Waals surface area contributed by atoms with Crippen LogP contribution in [0.25, 0.3) is 0 Å². The van der Waals surface area contributed by atoms with E-state index in [4.69, 9.17) is 0 Å². The minimum atomic E-state index is -0.445. The zero-order valence-corrected chi connectivity index (χ0v) is 9.17. The summed E-state index contributed by atoms with van der Waals surface area (Å²) >= 11 is 1.55. The van der Waals surface area contributed by atoms with Gasteiger partial charge in [0.15, 0.2) is 0 Å². The predicted molar refractivity (Wildman–Crippen MR) is 55.4 cm³/mol. The Morgan fingerprint density at radius 2 is 1.47 bits per heavy atom. The molecule has 0 aromatic rings. The van der Waals surface area contributed by atoms with Crippen LogP contribution in [0.5, 0.6) is 0 Å². The molecule has 2 aliphatic rings. The summed E-state index contributed by atoms with van der Waals surface area (Å²) in [7, 11) is 2.62. The zero-order valence-electron chi connectivity index (χ0n) is 8.35. The lowest BCUT2D eigenvalue weighted by Crippen LogP contribution is -2.20. The number of rotatable bonds is 2. The van der Waals surface area contributed by atoms with Crippen molar-refractivity contribution in [2.75, 3.05) is 14.2 Å². The molecule has 2 heterocycles. The fourth-order valence-electron chi connectivity index (χ4n) is 1.76. The molecule has 2 unspecified atom stereocenters. The van der Waals surface area contributed by atoms with E-state index in [9.17, 15) is 9.59 Å². The van der Waals surface area contributed by atoms with E-state index in [0.29, 0.717) is 11.1 Å². The van der Waals surface area contributed by atoms with Gasteiger partial charge in [-0.15, -0.1) is 11.8 Å². The number of fused-ring (bicyclic) bond motifs is 2. The van der Waals surface area contributed by atoms with Gasteiger partial charge in [-0.2, -0.15) is 0 Å². The Kier molecular flexibility index (Phi) is 2.56. The number of carbonyl (C=O) groups is 2. The van der Waals surface area contributed by atoms with Crippen molar-refractivity contribution in [2.45, 2.75) is 10.5 Å². The molecule has 0 aliphatic carbocycles. The van der Waals surface area contributed by atoms with Crippen molar-refractivity contribution in [3.05, 3.63) is 23.3 Å². The molecule has 0 radical (unpaired) electrons. The van der Waals surface area contributed by atoms with E-state index < -0.39 is 11.9 Å². The Morgan fingerprint density at radius 1 is 1.07 bits per heavy atom. The average Bonchev–Trinajstić information content (AvgIpc) is 2.86. The summed E-state index contributed by atoms with van der Waals surface area (Å²) in [4.78, 5) is 23.0. The first-order valence-corrected chi connectivity index (χ1v) is 5.37. The summed E-state index contributed by atoms with van der Waals surface area (Å²) in [6.07, 6.45) is 3.82. The Labute approximate surface area is 91.3 Å². The van der Waals surface area contributed by atoms with Crippen molar-refractivity contribution < 1.29 is 19.1 Å². The first-order valence-electron chi connectivity index (χ1n) is 4.43. The van der Waals surface area contributed by atoms with E-state index in [1.165, 1.54) is 14.2 Å². The molecule has 2 rings (SSSR count). The topological polar surface area (TPSA) is 52.6 Å². The average molecular weight is 226 g/mol. The van der Waals surface area contributed by atoms with Gasteiger partial charge in [-0.3, -0.25) is 0 Å². The minimum Gasteiger partial charge on any atom is -0.466 e. The van der Waals surface area contributed by atoms with E-state index in [1.807, 2.05) is 12.2 Å². The number of carbonyl (C=O) groups excluding carboxylic acids is 2. The lowest BCUT2D eigenvalue weighted by atomic mass is 9.97. The van der Waals surface area contributed by atoms with Gasteiger partial charge in [0.1, 0.15) is 0 Å². The fourth-order valence-corrected chi connectivity index (χ4v) is 3.16. The van der Waals surface area contributed by atoms with Gasteiger partial charge in [-0.1, -0.05) is 12.2 Å². The van der Waals surface area contributed by atoms with Crippen LogP contribution in [0.4, 0.5) is 0 Å². The standard InChI is InChI=1S/C10H10O4S/c1-13-9(11)7-5-3-4-6(15-5)8(7)10(12)14-2/h3-6H,1-2H3. The van der Waals surface area contributed by atoms with Crippen LogP contribution in [-0.2, 0) is 19.1 Å². The third-order valence-corrected chi connectivity index (χ3v) is 3.80. The van der Waals surface area contributed by atoms with Crippen LogP contribution in [0, 0.1) is 0 Å². The molecule has 2 atom stereocenters. The number of esters is 2. The fraction of sp³-hybridized carbons (Fsp3) is 0.400. The van der Waals surface area contributed by atoms with E-state index in [2.05, 4.69) is 9.47 Å². The Hall–Kier alpha value is -1.23. The monoisotopic (exact) mass is 226 g/mol. The molecule has 2 bridgehead atoms. The maximum absolute atomic E-state index is 11.5. The minimum absolute atomic E-state index is 0.0588. The molecule has 0 fully saturated rings. The summed E-state index contributed by atoms with van der Waals surface area (Å²) in [5, 5.41) is -0.118. The number of thioether (sulfide) groups is 1. The van der Waals surface area contributed by atoms with E-state index in [-0.39, 0.29) is 10.5 Å². The lowest BCUT2D eigenvalue weighted by molar-refractivity contribution is -0.139. The summed E-state index contributed by atoms with van der Waals surface area (Å²) in [6, 6.07) is 0. The highest BCUT2D eigenvalue weighted by molar-refractivity contribution is 8.01. The van der Waals surface area contributed by atoms with Crippen LogP contribution < -0.4 is 0 Å². The van der Waals surface area contributed by atoms with Crippen molar-refractivity contribution in [1.82, 2.24) is 0 Å². The second kappa shape index (κ2) is 3.73.